The summed E-state index contributed by atoms with van der Waals surface area (Å²) < 4.78 is 57.7. The lowest BCUT2D eigenvalue weighted by atomic mass is 10.0. The topological polar surface area (TPSA) is 59.2 Å². The zero-order valence-corrected chi connectivity index (χ0v) is 19.3. The second kappa shape index (κ2) is 8.29. The predicted octanol–water partition coefficient (Wildman–Crippen LogP) is 5.69. The van der Waals surface area contributed by atoms with Gasteiger partial charge < -0.3 is 5.11 Å². The lowest BCUT2D eigenvalue weighted by Gasteiger charge is -2.13. The largest absolute Gasteiger partial charge is 0.477 e. The Morgan fingerprint density at radius 1 is 1.28 bits per heavy atom. The Bertz CT molecular complexity index is 1440. The third kappa shape index (κ3) is 3.98. The third-order valence-electron chi connectivity index (χ3n) is 4.55. The van der Waals surface area contributed by atoms with E-state index >= 15 is 0 Å². The van der Waals surface area contributed by atoms with Gasteiger partial charge in [-0.15, -0.1) is 11.3 Å². The summed E-state index contributed by atoms with van der Waals surface area (Å²) in [6, 6.07) is 3.96. The van der Waals surface area contributed by atoms with E-state index in [1.165, 1.54) is 23.0 Å². The van der Waals surface area contributed by atoms with Crippen LogP contribution < -0.4 is 9.96 Å². The third-order valence-corrected chi connectivity index (χ3v) is 6.54. The molecule has 4 rings (SSSR count). The van der Waals surface area contributed by atoms with Crippen molar-refractivity contribution in [2.45, 2.75) is 12.7 Å². The number of aromatic nitrogens is 3. The van der Waals surface area contributed by atoms with Gasteiger partial charge in [-0.1, -0.05) is 23.2 Å². The van der Waals surface area contributed by atoms with Crippen molar-refractivity contribution in [3.8, 4) is 17.0 Å². The van der Waals surface area contributed by atoms with Crippen molar-refractivity contribution in [3.63, 3.8) is 0 Å². The second-order valence-electron chi connectivity index (χ2n) is 6.54. The maximum absolute atomic E-state index is 14.9. The molecule has 0 aliphatic carbocycles. The van der Waals surface area contributed by atoms with Crippen molar-refractivity contribution >= 4 is 56.1 Å². The van der Waals surface area contributed by atoms with Crippen LogP contribution in [0.15, 0.2) is 45.9 Å². The summed E-state index contributed by atoms with van der Waals surface area (Å²) in [6.45, 7) is -0.0517. The molecular weight excluding hydrogens is 561 g/mol. The van der Waals surface area contributed by atoms with Gasteiger partial charge in [-0.2, -0.15) is 22.1 Å². The van der Waals surface area contributed by atoms with Crippen LogP contribution in [0.4, 0.5) is 17.6 Å². The molecule has 0 spiro atoms. The number of fused-ring (bicyclic) bond motifs is 1. The average molecular weight is 570 g/mol. The first kappa shape index (κ1) is 23.0. The van der Waals surface area contributed by atoms with Crippen LogP contribution in [0.2, 0.25) is 9.49 Å². The number of pyridine rings is 1. The van der Waals surface area contributed by atoms with Crippen LogP contribution in [0, 0.1) is 5.82 Å². The normalized spacial score (nSPS) is 12.0. The van der Waals surface area contributed by atoms with Gasteiger partial charge in [-0.05, 0) is 40.2 Å². The number of halogens is 7. The highest BCUT2D eigenvalue weighted by Gasteiger charge is 2.35. The van der Waals surface area contributed by atoms with E-state index < -0.39 is 45.1 Å². The molecule has 1 N–H and O–H groups in total. The summed E-state index contributed by atoms with van der Waals surface area (Å²) in [6.07, 6.45) is -2.07. The lowest BCUT2D eigenvalue weighted by Crippen LogP contribution is -2.44. The van der Waals surface area contributed by atoms with E-state index in [4.69, 9.17) is 23.2 Å². The molecular formula is C19H9BrCl2F4N3O2S+. The van der Waals surface area contributed by atoms with Crippen LogP contribution >= 0.6 is 50.5 Å². The molecule has 0 saturated heterocycles. The highest BCUT2D eigenvalue weighted by atomic mass is 79.9. The molecule has 4 aromatic rings. The zero-order chi connectivity index (χ0) is 23.4. The van der Waals surface area contributed by atoms with Crippen molar-refractivity contribution in [1.82, 2.24) is 9.55 Å². The summed E-state index contributed by atoms with van der Waals surface area (Å²) in [7, 11) is 0. The van der Waals surface area contributed by atoms with E-state index in [1.807, 2.05) is 0 Å². The Morgan fingerprint density at radius 2 is 2.00 bits per heavy atom. The zero-order valence-electron chi connectivity index (χ0n) is 15.4. The van der Waals surface area contributed by atoms with Crippen molar-refractivity contribution in [3.05, 3.63) is 77.2 Å². The molecule has 0 amide bonds. The quantitative estimate of drug-likeness (QED) is 0.255. The van der Waals surface area contributed by atoms with Gasteiger partial charge in [0.1, 0.15) is 16.8 Å². The summed E-state index contributed by atoms with van der Waals surface area (Å²) in [5, 5.41) is 10.2. The van der Waals surface area contributed by atoms with Gasteiger partial charge in [-0.3, -0.25) is 0 Å². The Morgan fingerprint density at radius 3 is 2.62 bits per heavy atom. The summed E-state index contributed by atoms with van der Waals surface area (Å²) in [5.41, 5.74) is -3.48. The fourth-order valence-electron chi connectivity index (χ4n) is 3.18. The molecule has 3 heterocycles. The molecule has 0 bridgehead atoms. The van der Waals surface area contributed by atoms with E-state index in [-0.39, 0.29) is 16.7 Å². The lowest BCUT2D eigenvalue weighted by molar-refractivity contribution is -0.532. The molecule has 32 heavy (non-hydrogen) atoms. The number of hydrogen-bond donors (Lipinski definition) is 1. The number of rotatable bonds is 3. The van der Waals surface area contributed by atoms with Crippen LogP contribution in [0.25, 0.3) is 16.8 Å². The number of hydrogen-bond acceptors (Lipinski definition) is 4. The average Bonchev–Trinajstić information content (AvgIpc) is 3.12. The molecule has 0 aliphatic heterocycles. The van der Waals surface area contributed by atoms with E-state index in [1.54, 1.807) is 6.07 Å². The smallest absolute Gasteiger partial charge is 0.416 e. The van der Waals surface area contributed by atoms with Gasteiger partial charge in [-0.25, -0.2) is 14.2 Å². The molecule has 0 saturated carbocycles. The van der Waals surface area contributed by atoms with Gasteiger partial charge in [0.15, 0.2) is 10.0 Å². The van der Waals surface area contributed by atoms with Gasteiger partial charge in [0, 0.05) is 11.8 Å². The van der Waals surface area contributed by atoms with Crippen LogP contribution in [-0.2, 0) is 12.7 Å². The second-order valence-corrected chi connectivity index (χ2v) is 9.50. The molecule has 166 valence electrons. The molecule has 0 atom stereocenters. The van der Waals surface area contributed by atoms with E-state index in [2.05, 4.69) is 20.9 Å². The molecule has 0 radical (unpaired) electrons. The first-order chi connectivity index (χ1) is 15.0. The van der Waals surface area contributed by atoms with Crippen LogP contribution in [-0.4, -0.2) is 14.7 Å². The standard InChI is InChI=1S/C19H8BrCl2F4N3O2S/c20-11-2-1-3-28-15(11)29(7-9-6-27-18(22)32-9)17(31)13(16(28)30)10-4-8(19(24,25)26)5-12(21)14(10)23/h1-6H,7H2/p+1. The highest BCUT2D eigenvalue weighted by molar-refractivity contribution is 9.10. The molecule has 3 aromatic heterocycles. The number of aromatic hydroxyl groups is 1. The van der Waals surface area contributed by atoms with Crippen LogP contribution in [0.5, 0.6) is 5.88 Å². The monoisotopic (exact) mass is 568 g/mol. The summed E-state index contributed by atoms with van der Waals surface area (Å²) in [5.74, 6) is -2.02. The first-order valence-electron chi connectivity index (χ1n) is 8.61. The van der Waals surface area contributed by atoms with Gasteiger partial charge in [0.25, 0.3) is 5.88 Å². The number of alkyl halides is 3. The van der Waals surface area contributed by atoms with Crippen molar-refractivity contribution < 1.29 is 27.1 Å². The molecule has 0 unspecified atom stereocenters. The Hall–Kier alpha value is -2.21. The Kier molecular flexibility index (Phi) is 5.95. The first-order valence-corrected chi connectivity index (χ1v) is 11.0. The van der Waals surface area contributed by atoms with Gasteiger partial charge >= 0.3 is 17.4 Å². The molecule has 1 aromatic carbocycles. The van der Waals surface area contributed by atoms with E-state index in [0.717, 1.165) is 15.7 Å². The summed E-state index contributed by atoms with van der Waals surface area (Å²) >= 11 is 16.0. The van der Waals surface area contributed by atoms with Crippen molar-refractivity contribution in [1.29, 1.82) is 0 Å². The fraction of sp³-hybridized carbons (Fsp3) is 0.105. The molecule has 0 aliphatic rings. The number of benzene rings is 1. The summed E-state index contributed by atoms with van der Waals surface area (Å²) in [4.78, 5) is 17.7. The minimum absolute atomic E-state index is 0.0517. The molecule has 13 heteroatoms. The van der Waals surface area contributed by atoms with E-state index in [0.29, 0.717) is 21.5 Å². The molecule has 5 nitrogen and oxygen atoms in total. The van der Waals surface area contributed by atoms with E-state index in [9.17, 15) is 27.5 Å². The van der Waals surface area contributed by atoms with Crippen molar-refractivity contribution in [2.75, 3.05) is 0 Å². The van der Waals surface area contributed by atoms with Crippen molar-refractivity contribution in [2.24, 2.45) is 0 Å². The number of nitrogens with zero attached hydrogens (tertiary/aromatic N) is 3. The minimum Gasteiger partial charge on any atom is -0.477 e. The van der Waals surface area contributed by atoms with Gasteiger partial charge in [0.05, 0.1) is 21.7 Å². The predicted molar refractivity (Wildman–Crippen MR) is 115 cm³/mol. The fourth-order valence-corrected chi connectivity index (χ4v) is 4.92. The SMILES string of the molecule is O=c1c(-c2cc(C(F)(F)F)cc(Cl)c2F)c(O)n(Cc2cnc(Cl)s2)c2c(Br)ccc[n+]12. The maximum Gasteiger partial charge on any atom is 0.416 e. The van der Waals surface area contributed by atoms with Crippen LogP contribution in [0.3, 0.4) is 0 Å². The Labute approximate surface area is 199 Å². The number of thiazole rings is 1. The minimum atomic E-state index is -4.85. The maximum atomic E-state index is 14.9. The van der Waals surface area contributed by atoms with Gasteiger partial charge in [0.2, 0.25) is 0 Å². The van der Waals surface area contributed by atoms with Crippen LogP contribution in [0.1, 0.15) is 10.4 Å². The molecule has 0 fully saturated rings. The Balaban J connectivity index is 2.10. The highest BCUT2D eigenvalue weighted by Crippen LogP contribution is 2.39.